The van der Waals surface area contributed by atoms with Gasteiger partial charge in [-0.15, -0.1) is 0 Å². The second-order valence-corrected chi connectivity index (χ2v) is 3.50. The number of aromatic nitrogens is 1. The molecule has 12 heavy (non-hydrogen) atoms. The average Bonchev–Trinajstić information content (AvgIpc) is 2.57. The van der Waals surface area contributed by atoms with Gasteiger partial charge in [0.1, 0.15) is 6.26 Å². The molecule has 1 heterocycles. The van der Waals surface area contributed by atoms with Gasteiger partial charge in [0.15, 0.2) is 0 Å². The maximum absolute atomic E-state index is 5.08. The SMILES string of the molecule is CNCCCCSc1ncco1. The zero-order valence-corrected chi connectivity index (χ0v) is 8.06. The third kappa shape index (κ3) is 3.78. The fourth-order valence-electron chi connectivity index (χ4n) is 0.845. The van der Waals surface area contributed by atoms with Crippen LogP contribution < -0.4 is 5.32 Å². The summed E-state index contributed by atoms with van der Waals surface area (Å²) in [7, 11) is 1.97. The molecule has 68 valence electrons. The van der Waals surface area contributed by atoms with E-state index in [1.54, 1.807) is 24.2 Å². The predicted molar refractivity (Wildman–Crippen MR) is 50.4 cm³/mol. The highest BCUT2D eigenvalue weighted by atomic mass is 32.2. The Labute approximate surface area is 76.9 Å². The fraction of sp³-hybridized carbons (Fsp3) is 0.625. The first-order valence-electron chi connectivity index (χ1n) is 4.10. The summed E-state index contributed by atoms with van der Waals surface area (Å²) in [6.45, 7) is 1.09. The Morgan fingerprint density at radius 1 is 1.58 bits per heavy atom. The van der Waals surface area contributed by atoms with E-state index in [0.29, 0.717) is 0 Å². The summed E-state index contributed by atoms with van der Waals surface area (Å²) in [4.78, 5) is 4.01. The van der Waals surface area contributed by atoms with Crippen LogP contribution in [0, 0.1) is 0 Å². The molecule has 0 bridgehead atoms. The van der Waals surface area contributed by atoms with Crippen molar-refractivity contribution in [1.29, 1.82) is 0 Å². The fourth-order valence-corrected chi connectivity index (χ4v) is 1.63. The standard InChI is InChI=1S/C8H14N2OS/c1-9-4-2-3-7-12-8-10-5-6-11-8/h5-6,9H,2-4,7H2,1H3. The van der Waals surface area contributed by atoms with Gasteiger partial charge in [0.05, 0.1) is 6.20 Å². The van der Waals surface area contributed by atoms with E-state index in [0.717, 1.165) is 17.5 Å². The molecule has 0 spiro atoms. The minimum atomic E-state index is 0.777. The zero-order valence-electron chi connectivity index (χ0n) is 7.25. The molecule has 0 aliphatic carbocycles. The van der Waals surface area contributed by atoms with Crippen molar-refractivity contribution < 1.29 is 4.42 Å². The third-order valence-electron chi connectivity index (χ3n) is 1.46. The molecule has 0 aromatic carbocycles. The summed E-state index contributed by atoms with van der Waals surface area (Å²) >= 11 is 1.67. The number of rotatable bonds is 6. The van der Waals surface area contributed by atoms with Crippen LogP contribution in [0.25, 0.3) is 0 Å². The average molecular weight is 186 g/mol. The van der Waals surface area contributed by atoms with Crippen LogP contribution in [0.2, 0.25) is 0 Å². The molecule has 0 atom stereocenters. The monoisotopic (exact) mass is 186 g/mol. The largest absolute Gasteiger partial charge is 0.440 e. The van der Waals surface area contributed by atoms with Gasteiger partial charge < -0.3 is 9.73 Å². The van der Waals surface area contributed by atoms with E-state index < -0.39 is 0 Å². The molecule has 0 aliphatic heterocycles. The van der Waals surface area contributed by atoms with Crippen molar-refractivity contribution in [1.82, 2.24) is 10.3 Å². The molecule has 0 amide bonds. The highest BCUT2D eigenvalue weighted by molar-refractivity contribution is 7.99. The van der Waals surface area contributed by atoms with Gasteiger partial charge >= 0.3 is 0 Å². The number of hydrogen-bond acceptors (Lipinski definition) is 4. The van der Waals surface area contributed by atoms with Crippen molar-refractivity contribution in [3.8, 4) is 0 Å². The number of oxazole rings is 1. The van der Waals surface area contributed by atoms with Gasteiger partial charge in [-0.1, -0.05) is 11.8 Å². The molecule has 1 aromatic rings. The lowest BCUT2D eigenvalue weighted by molar-refractivity contribution is 0.454. The Kier molecular flexibility index (Phi) is 4.87. The number of unbranched alkanes of at least 4 members (excludes halogenated alkanes) is 1. The summed E-state index contributed by atoms with van der Waals surface area (Å²) in [6.07, 6.45) is 5.70. The molecule has 0 radical (unpaired) electrons. The lowest BCUT2D eigenvalue weighted by atomic mass is 10.3. The van der Waals surface area contributed by atoms with Gasteiger partial charge in [0.2, 0.25) is 0 Å². The molecule has 4 heteroatoms. The van der Waals surface area contributed by atoms with Gasteiger partial charge in [-0.2, -0.15) is 0 Å². The molecule has 3 nitrogen and oxygen atoms in total. The smallest absolute Gasteiger partial charge is 0.255 e. The van der Waals surface area contributed by atoms with E-state index in [2.05, 4.69) is 10.3 Å². The normalized spacial score (nSPS) is 10.4. The van der Waals surface area contributed by atoms with Gasteiger partial charge in [0.25, 0.3) is 5.22 Å². The molecule has 0 saturated carbocycles. The predicted octanol–water partition coefficient (Wildman–Crippen LogP) is 1.77. The quantitative estimate of drug-likeness (QED) is 0.543. The Hall–Kier alpha value is -0.480. The Bertz CT molecular complexity index is 189. The zero-order chi connectivity index (χ0) is 8.65. The van der Waals surface area contributed by atoms with Gasteiger partial charge in [-0.05, 0) is 26.4 Å². The summed E-state index contributed by atoms with van der Waals surface area (Å²) in [5.74, 6) is 1.09. The van der Waals surface area contributed by atoms with Crippen LogP contribution in [0.4, 0.5) is 0 Å². The summed E-state index contributed by atoms with van der Waals surface area (Å²) < 4.78 is 5.08. The molecule has 0 saturated heterocycles. The van der Waals surface area contributed by atoms with E-state index in [1.165, 1.54) is 12.8 Å². The van der Waals surface area contributed by atoms with Crippen LogP contribution in [0.5, 0.6) is 0 Å². The Morgan fingerprint density at radius 2 is 2.50 bits per heavy atom. The first kappa shape index (κ1) is 9.61. The first-order chi connectivity index (χ1) is 5.93. The maximum Gasteiger partial charge on any atom is 0.255 e. The van der Waals surface area contributed by atoms with Crippen molar-refractivity contribution in [3.05, 3.63) is 12.5 Å². The van der Waals surface area contributed by atoms with Crippen LogP contribution in [0.3, 0.4) is 0 Å². The number of nitrogens with zero attached hydrogens (tertiary/aromatic N) is 1. The molecule has 0 fully saturated rings. The molecule has 0 unspecified atom stereocenters. The van der Waals surface area contributed by atoms with Gasteiger partial charge in [0, 0.05) is 5.75 Å². The van der Waals surface area contributed by atoms with E-state index in [4.69, 9.17) is 4.42 Å². The topological polar surface area (TPSA) is 38.1 Å². The molecule has 0 aliphatic rings. The van der Waals surface area contributed by atoms with Crippen molar-refractivity contribution in [2.24, 2.45) is 0 Å². The maximum atomic E-state index is 5.08. The second-order valence-electron chi connectivity index (χ2n) is 2.46. The third-order valence-corrected chi connectivity index (χ3v) is 2.40. The van der Waals surface area contributed by atoms with Crippen molar-refractivity contribution in [2.45, 2.75) is 18.1 Å². The minimum absolute atomic E-state index is 0.777. The van der Waals surface area contributed by atoms with Crippen LogP contribution in [0.15, 0.2) is 22.1 Å². The number of hydrogen-bond donors (Lipinski definition) is 1. The van der Waals surface area contributed by atoms with Gasteiger partial charge in [-0.25, -0.2) is 4.98 Å². The minimum Gasteiger partial charge on any atom is -0.440 e. The Morgan fingerprint density at radius 3 is 3.17 bits per heavy atom. The molecule has 1 rings (SSSR count). The summed E-state index contributed by atoms with van der Waals surface area (Å²) in [6, 6.07) is 0. The molecule has 1 aromatic heterocycles. The Balaban J connectivity index is 1.96. The van der Waals surface area contributed by atoms with Crippen molar-refractivity contribution in [2.75, 3.05) is 19.3 Å². The lowest BCUT2D eigenvalue weighted by Gasteiger charge is -1.97. The number of nitrogens with one attached hydrogen (secondary N) is 1. The van der Waals surface area contributed by atoms with E-state index in [1.807, 2.05) is 7.05 Å². The van der Waals surface area contributed by atoms with Crippen LogP contribution in [0.1, 0.15) is 12.8 Å². The number of thioether (sulfide) groups is 1. The van der Waals surface area contributed by atoms with Crippen LogP contribution >= 0.6 is 11.8 Å². The van der Waals surface area contributed by atoms with Gasteiger partial charge in [-0.3, -0.25) is 0 Å². The van der Waals surface area contributed by atoms with Crippen LogP contribution in [-0.4, -0.2) is 24.3 Å². The molecular formula is C8H14N2OS. The van der Waals surface area contributed by atoms with Crippen molar-refractivity contribution in [3.63, 3.8) is 0 Å². The van der Waals surface area contributed by atoms with E-state index in [-0.39, 0.29) is 0 Å². The second kappa shape index (κ2) is 6.08. The first-order valence-corrected chi connectivity index (χ1v) is 5.09. The summed E-state index contributed by atoms with van der Waals surface area (Å²) in [5, 5.41) is 3.89. The molecule has 1 N–H and O–H groups in total. The van der Waals surface area contributed by atoms with Crippen LogP contribution in [-0.2, 0) is 0 Å². The highest BCUT2D eigenvalue weighted by Crippen LogP contribution is 2.15. The van der Waals surface area contributed by atoms with Crippen molar-refractivity contribution >= 4 is 11.8 Å². The lowest BCUT2D eigenvalue weighted by Crippen LogP contribution is -2.07. The molecular weight excluding hydrogens is 172 g/mol. The van der Waals surface area contributed by atoms with E-state index >= 15 is 0 Å². The van der Waals surface area contributed by atoms with E-state index in [9.17, 15) is 0 Å². The summed E-state index contributed by atoms with van der Waals surface area (Å²) in [5.41, 5.74) is 0. The highest BCUT2D eigenvalue weighted by Gasteiger charge is 1.96.